The van der Waals surface area contributed by atoms with E-state index in [1.165, 1.54) is 17.5 Å². The van der Waals surface area contributed by atoms with Crippen molar-refractivity contribution in [3.63, 3.8) is 0 Å². The zero-order valence-corrected chi connectivity index (χ0v) is 14.1. The van der Waals surface area contributed by atoms with Crippen LogP contribution in [0.15, 0.2) is 23.7 Å². The molecule has 0 spiro atoms. The molecular weight excluding hydrogens is 328 g/mol. The van der Waals surface area contributed by atoms with E-state index >= 15 is 0 Å². The number of carboxylic acids is 1. The predicted octanol–water partition coefficient (Wildman–Crippen LogP) is 3.23. The van der Waals surface area contributed by atoms with Crippen LogP contribution in [0.2, 0.25) is 0 Å². The van der Waals surface area contributed by atoms with Crippen LogP contribution >= 0.6 is 11.3 Å². The second-order valence-corrected chi connectivity index (χ2v) is 6.50. The first-order chi connectivity index (χ1) is 11.4. The van der Waals surface area contributed by atoms with Gasteiger partial charge < -0.3 is 14.6 Å². The van der Waals surface area contributed by atoms with Crippen molar-refractivity contribution >= 4 is 28.7 Å². The van der Waals surface area contributed by atoms with E-state index in [4.69, 9.17) is 0 Å². The molecule has 0 amide bonds. The normalized spacial score (nSPS) is 11.1. The van der Waals surface area contributed by atoms with Crippen molar-refractivity contribution in [2.24, 2.45) is 0 Å². The van der Waals surface area contributed by atoms with Gasteiger partial charge in [0.25, 0.3) is 0 Å². The fourth-order valence-corrected chi connectivity index (χ4v) is 3.35. The van der Waals surface area contributed by atoms with Crippen LogP contribution in [0.4, 0.5) is 0 Å². The highest BCUT2D eigenvalue weighted by atomic mass is 32.1. The first-order valence-corrected chi connectivity index (χ1v) is 8.28. The summed E-state index contributed by atoms with van der Waals surface area (Å²) in [5.41, 5.74) is 2.02. The largest absolute Gasteiger partial charge is 0.504 e. The number of pyridine rings is 1. The smallest absolute Gasteiger partial charge is 0.337 e. The lowest BCUT2D eigenvalue weighted by molar-refractivity contribution is 0.0693. The molecule has 0 saturated carbocycles. The quantitative estimate of drug-likeness (QED) is 0.693. The SMILES string of the molecule is Cc1nc2c(O)c(CCC(=O)c3cccs3)c(C(=O)O)cn2c1C. The van der Waals surface area contributed by atoms with Gasteiger partial charge >= 0.3 is 5.97 Å². The Morgan fingerprint density at radius 3 is 2.71 bits per heavy atom. The summed E-state index contributed by atoms with van der Waals surface area (Å²) in [5.74, 6) is -1.39. The highest BCUT2D eigenvalue weighted by Gasteiger charge is 2.21. The number of rotatable bonds is 5. The second kappa shape index (κ2) is 6.09. The van der Waals surface area contributed by atoms with Gasteiger partial charge in [0.1, 0.15) is 0 Å². The third-order valence-electron chi connectivity index (χ3n) is 4.10. The first-order valence-electron chi connectivity index (χ1n) is 7.40. The fourth-order valence-electron chi connectivity index (χ4n) is 2.66. The van der Waals surface area contributed by atoms with Crippen molar-refractivity contribution in [1.82, 2.24) is 9.38 Å². The van der Waals surface area contributed by atoms with Crippen molar-refractivity contribution in [2.75, 3.05) is 0 Å². The molecule has 6 nitrogen and oxygen atoms in total. The number of aromatic nitrogens is 2. The molecule has 0 aliphatic heterocycles. The number of thiophene rings is 1. The van der Waals surface area contributed by atoms with Crippen molar-refractivity contribution < 1.29 is 19.8 Å². The molecule has 0 radical (unpaired) electrons. The minimum absolute atomic E-state index is 0.0144. The van der Waals surface area contributed by atoms with Gasteiger partial charge in [-0.1, -0.05) is 6.07 Å². The van der Waals surface area contributed by atoms with E-state index in [1.807, 2.05) is 5.38 Å². The lowest BCUT2D eigenvalue weighted by Crippen LogP contribution is -2.08. The molecule has 3 rings (SSSR count). The molecule has 0 unspecified atom stereocenters. The molecule has 0 saturated heterocycles. The average Bonchev–Trinajstić information content (AvgIpc) is 3.16. The van der Waals surface area contributed by atoms with Crippen LogP contribution in [-0.4, -0.2) is 31.4 Å². The second-order valence-electron chi connectivity index (χ2n) is 5.55. The van der Waals surface area contributed by atoms with Gasteiger partial charge in [-0.05, 0) is 31.7 Å². The number of Topliss-reactive ketones (excluding diaryl/α,β-unsaturated/α-hetero) is 1. The number of carbonyl (C=O) groups excluding carboxylic acids is 1. The molecule has 3 heterocycles. The standard InChI is InChI=1S/C17H16N2O4S/c1-9-10(2)19-8-12(17(22)23)11(15(21)16(19)18-9)5-6-13(20)14-4-3-7-24-14/h3-4,7-8,21H,5-6H2,1-2H3,(H,22,23). The summed E-state index contributed by atoms with van der Waals surface area (Å²) in [7, 11) is 0. The zero-order chi connectivity index (χ0) is 17.4. The molecule has 0 atom stereocenters. The van der Waals surface area contributed by atoms with E-state index < -0.39 is 5.97 Å². The number of hydrogen-bond acceptors (Lipinski definition) is 5. The molecular formula is C17H16N2O4S. The molecule has 0 aliphatic carbocycles. The van der Waals surface area contributed by atoms with E-state index in [9.17, 15) is 19.8 Å². The number of nitrogens with zero attached hydrogens (tertiary/aromatic N) is 2. The molecule has 0 aromatic carbocycles. The molecule has 3 aromatic heterocycles. The van der Waals surface area contributed by atoms with Crippen LogP contribution in [0.3, 0.4) is 0 Å². The van der Waals surface area contributed by atoms with Gasteiger partial charge in [0.15, 0.2) is 17.2 Å². The van der Waals surface area contributed by atoms with Gasteiger partial charge in [0.2, 0.25) is 0 Å². The van der Waals surface area contributed by atoms with Gasteiger partial charge in [-0.25, -0.2) is 9.78 Å². The summed E-state index contributed by atoms with van der Waals surface area (Å²) in [5, 5.41) is 21.8. The number of aromatic carboxylic acids is 1. The highest BCUT2D eigenvalue weighted by molar-refractivity contribution is 7.12. The summed E-state index contributed by atoms with van der Waals surface area (Å²) in [6.07, 6.45) is 1.73. The Hall–Kier alpha value is -2.67. The van der Waals surface area contributed by atoms with E-state index in [-0.39, 0.29) is 35.5 Å². The summed E-state index contributed by atoms with van der Waals surface area (Å²) in [4.78, 5) is 28.6. The van der Waals surface area contributed by atoms with E-state index in [1.54, 1.807) is 30.4 Å². The third-order valence-corrected chi connectivity index (χ3v) is 5.01. The number of imidazole rings is 1. The van der Waals surface area contributed by atoms with Crippen LogP contribution < -0.4 is 0 Å². The summed E-state index contributed by atoms with van der Waals surface area (Å²) < 4.78 is 1.57. The van der Waals surface area contributed by atoms with E-state index in [2.05, 4.69) is 4.98 Å². The predicted molar refractivity (Wildman–Crippen MR) is 90.3 cm³/mol. The summed E-state index contributed by atoms with van der Waals surface area (Å²) in [6, 6.07) is 3.52. The molecule has 124 valence electrons. The third kappa shape index (κ3) is 2.67. The van der Waals surface area contributed by atoms with Crippen LogP contribution in [-0.2, 0) is 6.42 Å². The van der Waals surface area contributed by atoms with Crippen LogP contribution in [0, 0.1) is 13.8 Å². The minimum Gasteiger partial charge on any atom is -0.504 e. The number of carboxylic acid groups (broad SMARTS) is 1. The Morgan fingerprint density at radius 2 is 2.08 bits per heavy atom. The molecule has 24 heavy (non-hydrogen) atoms. The number of hydrogen-bond donors (Lipinski definition) is 2. The molecule has 0 bridgehead atoms. The maximum absolute atomic E-state index is 12.2. The maximum Gasteiger partial charge on any atom is 0.337 e. The van der Waals surface area contributed by atoms with E-state index in [0.717, 1.165) is 5.69 Å². The molecule has 2 N–H and O–H groups in total. The van der Waals surface area contributed by atoms with Crippen molar-refractivity contribution in [2.45, 2.75) is 26.7 Å². The monoisotopic (exact) mass is 344 g/mol. The Balaban J connectivity index is 2.02. The van der Waals surface area contributed by atoms with Crippen molar-refractivity contribution in [3.8, 4) is 5.75 Å². The summed E-state index contributed by atoms with van der Waals surface area (Å²) in [6.45, 7) is 3.60. The number of aryl methyl sites for hydroxylation is 2. The number of ketones is 1. The summed E-state index contributed by atoms with van der Waals surface area (Å²) >= 11 is 1.34. The van der Waals surface area contributed by atoms with Crippen molar-refractivity contribution in [1.29, 1.82) is 0 Å². The lowest BCUT2D eigenvalue weighted by atomic mass is 10.0. The topological polar surface area (TPSA) is 91.9 Å². The zero-order valence-electron chi connectivity index (χ0n) is 13.2. The number of aromatic hydroxyl groups is 1. The van der Waals surface area contributed by atoms with E-state index in [0.29, 0.717) is 16.2 Å². The number of fused-ring (bicyclic) bond motifs is 1. The molecule has 0 aliphatic rings. The van der Waals surface area contributed by atoms with Gasteiger partial charge in [0, 0.05) is 23.9 Å². The maximum atomic E-state index is 12.2. The Kier molecular flexibility index (Phi) is 4.11. The lowest BCUT2D eigenvalue weighted by Gasteiger charge is -2.10. The Bertz CT molecular complexity index is 942. The van der Waals surface area contributed by atoms with Crippen LogP contribution in [0.1, 0.15) is 43.4 Å². The average molecular weight is 344 g/mol. The number of carbonyl (C=O) groups is 2. The molecule has 0 fully saturated rings. The van der Waals surface area contributed by atoms with Crippen LogP contribution in [0.5, 0.6) is 5.75 Å². The minimum atomic E-state index is -1.14. The Morgan fingerprint density at radius 1 is 1.33 bits per heavy atom. The van der Waals surface area contributed by atoms with Gasteiger partial charge in [-0.15, -0.1) is 11.3 Å². The van der Waals surface area contributed by atoms with Gasteiger partial charge in [-0.3, -0.25) is 4.79 Å². The molecule has 3 aromatic rings. The first kappa shape index (κ1) is 16.2. The van der Waals surface area contributed by atoms with Gasteiger partial charge in [-0.2, -0.15) is 0 Å². The van der Waals surface area contributed by atoms with Gasteiger partial charge in [0.05, 0.1) is 16.1 Å². The Labute approximate surface area is 142 Å². The van der Waals surface area contributed by atoms with Crippen LogP contribution in [0.25, 0.3) is 5.65 Å². The highest BCUT2D eigenvalue weighted by Crippen LogP contribution is 2.30. The molecule has 7 heteroatoms. The van der Waals surface area contributed by atoms with Crippen molar-refractivity contribution in [3.05, 3.63) is 51.1 Å². The fraction of sp³-hybridized carbons (Fsp3) is 0.235.